The number of para-hydroxylation sites is 1. The maximum atomic E-state index is 9.32. The zero-order chi connectivity index (χ0) is 14.7. The predicted molar refractivity (Wildman–Crippen MR) is 85.2 cm³/mol. The highest BCUT2D eigenvalue weighted by Crippen LogP contribution is 2.21. The SMILES string of the molecule is CN1CCCC(CNc2nc3ccccc3cc2C#N)C1. The second-order valence-electron chi connectivity index (χ2n) is 5.84. The molecule has 1 aliphatic heterocycles. The molecule has 1 aromatic heterocycles. The van der Waals surface area contributed by atoms with Gasteiger partial charge in [0.1, 0.15) is 11.9 Å². The number of pyridine rings is 1. The van der Waals surface area contributed by atoms with Gasteiger partial charge < -0.3 is 10.2 Å². The summed E-state index contributed by atoms with van der Waals surface area (Å²) in [5.41, 5.74) is 1.55. The van der Waals surface area contributed by atoms with E-state index >= 15 is 0 Å². The molecule has 1 aliphatic rings. The highest BCUT2D eigenvalue weighted by molar-refractivity contribution is 5.82. The topological polar surface area (TPSA) is 52.0 Å². The number of rotatable bonds is 3. The number of nitrogens with one attached hydrogen (secondary N) is 1. The predicted octanol–water partition coefficient (Wildman–Crippen LogP) is 2.86. The molecule has 1 N–H and O–H groups in total. The monoisotopic (exact) mass is 280 g/mol. The van der Waals surface area contributed by atoms with Crippen LogP contribution < -0.4 is 5.32 Å². The van der Waals surface area contributed by atoms with Crippen molar-refractivity contribution in [3.63, 3.8) is 0 Å². The molecule has 0 amide bonds. The van der Waals surface area contributed by atoms with E-state index in [1.165, 1.54) is 19.4 Å². The van der Waals surface area contributed by atoms with E-state index in [4.69, 9.17) is 0 Å². The molecule has 21 heavy (non-hydrogen) atoms. The van der Waals surface area contributed by atoms with Gasteiger partial charge in [-0.15, -0.1) is 0 Å². The van der Waals surface area contributed by atoms with Crippen molar-refractivity contribution in [2.45, 2.75) is 12.8 Å². The molecule has 3 rings (SSSR count). The van der Waals surface area contributed by atoms with Gasteiger partial charge in [0.05, 0.1) is 11.1 Å². The van der Waals surface area contributed by atoms with E-state index in [2.05, 4.69) is 28.3 Å². The lowest BCUT2D eigenvalue weighted by Gasteiger charge is -2.29. The van der Waals surface area contributed by atoms with E-state index in [0.717, 1.165) is 24.0 Å². The van der Waals surface area contributed by atoms with Crippen LogP contribution in [0.15, 0.2) is 30.3 Å². The zero-order valence-electron chi connectivity index (χ0n) is 12.3. The average Bonchev–Trinajstić information content (AvgIpc) is 2.52. The number of piperidine rings is 1. The smallest absolute Gasteiger partial charge is 0.144 e. The first-order valence-electron chi connectivity index (χ1n) is 7.48. The first kappa shape index (κ1) is 13.8. The molecule has 0 aliphatic carbocycles. The number of nitrogens with zero attached hydrogens (tertiary/aromatic N) is 3. The Labute approximate surface area is 125 Å². The Kier molecular flexibility index (Phi) is 4.03. The number of hydrogen-bond acceptors (Lipinski definition) is 4. The fourth-order valence-electron chi connectivity index (χ4n) is 3.02. The minimum absolute atomic E-state index is 0.623. The molecule has 0 radical (unpaired) electrons. The van der Waals surface area contributed by atoms with Crippen molar-refractivity contribution in [1.82, 2.24) is 9.88 Å². The van der Waals surface area contributed by atoms with Crippen LogP contribution >= 0.6 is 0 Å². The van der Waals surface area contributed by atoms with E-state index in [-0.39, 0.29) is 0 Å². The summed E-state index contributed by atoms with van der Waals surface area (Å²) < 4.78 is 0. The summed E-state index contributed by atoms with van der Waals surface area (Å²) in [7, 11) is 2.17. The lowest BCUT2D eigenvalue weighted by Crippen LogP contribution is -2.35. The van der Waals surface area contributed by atoms with Crippen molar-refractivity contribution in [2.75, 3.05) is 32.0 Å². The summed E-state index contributed by atoms with van der Waals surface area (Å²) in [5.74, 6) is 1.34. The number of benzene rings is 1. The Balaban J connectivity index is 1.78. The summed E-state index contributed by atoms with van der Waals surface area (Å²) in [6.07, 6.45) is 2.49. The Bertz CT molecular complexity index is 674. The van der Waals surface area contributed by atoms with Gasteiger partial charge in [-0.2, -0.15) is 5.26 Å². The maximum Gasteiger partial charge on any atom is 0.144 e. The second-order valence-corrected chi connectivity index (χ2v) is 5.84. The third-order valence-electron chi connectivity index (χ3n) is 4.12. The standard InChI is InChI=1S/C17H20N4/c1-21-8-4-5-13(12-21)11-19-17-15(10-18)9-14-6-2-3-7-16(14)20-17/h2-3,6-7,9,13H,4-5,8,11-12H2,1H3,(H,19,20). The van der Waals surface area contributed by atoms with Gasteiger partial charge >= 0.3 is 0 Å². The van der Waals surface area contributed by atoms with Crippen molar-refractivity contribution in [2.24, 2.45) is 5.92 Å². The van der Waals surface area contributed by atoms with Gasteiger partial charge in [-0.25, -0.2) is 4.98 Å². The van der Waals surface area contributed by atoms with Crippen LogP contribution in [-0.2, 0) is 0 Å². The van der Waals surface area contributed by atoms with Crippen molar-refractivity contribution >= 4 is 16.7 Å². The normalized spacial score (nSPS) is 19.3. The molecule has 1 aromatic carbocycles. The molecule has 108 valence electrons. The molecular formula is C17H20N4. The fourth-order valence-corrected chi connectivity index (χ4v) is 3.02. The van der Waals surface area contributed by atoms with Crippen molar-refractivity contribution in [3.8, 4) is 6.07 Å². The zero-order valence-corrected chi connectivity index (χ0v) is 12.3. The largest absolute Gasteiger partial charge is 0.369 e. The molecule has 4 nitrogen and oxygen atoms in total. The van der Waals surface area contributed by atoms with Gasteiger partial charge in [0, 0.05) is 18.5 Å². The van der Waals surface area contributed by atoms with Crippen LogP contribution in [-0.4, -0.2) is 36.6 Å². The molecular weight excluding hydrogens is 260 g/mol. The van der Waals surface area contributed by atoms with E-state index < -0.39 is 0 Å². The van der Waals surface area contributed by atoms with Gasteiger partial charge in [0.15, 0.2) is 0 Å². The molecule has 2 heterocycles. The van der Waals surface area contributed by atoms with Crippen molar-refractivity contribution in [3.05, 3.63) is 35.9 Å². The Morgan fingerprint density at radius 3 is 3.10 bits per heavy atom. The molecule has 2 aromatic rings. The summed E-state index contributed by atoms with van der Waals surface area (Å²) in [5, 5.41) is 13.7. The summed E-state index contributed by atoms with van der Waals surface area (Å²) in [6.45, 7) is 3.18. The van der Waals surface area contributed by atoms with Gasteiger partial charge in [-0.3, -0.25) is 0 Å². The number of fused-ring (bicyclic) bond motifs is 1. The summed E-state index contributed by atoms with van der Waals surface area (Å²) in [4.78, 5) is 6.97. The van der Waals surface area contributed by atoms with Crippen LogP contribution in [0.1, 0.15) is 18.4 Å². The first-order valence-corrected chi connectivity index (χ1v) is 7.48. The molecule has 1 saturated heterocycles. The Morgan fingerprint density at radius 2 is 2.29 bits per heavy atom. The lowest BCUT2D eigenvalue weighted by molar-refractivity contribution is 0.217. The Hall–Kier alpha value is -2.12. The van der Waals surface area contributed by atoms with Gasteiger partial charge in [-0.05, 0) is 44.5 Å². The van der Waals surface area contributed by atoms with Crippen LogP contribution in [0, 0.1) is 17.2 Å². The van der Waals surface area contributed by atoms with Crippen LogP contribution in [0.3, 0.4) is 0 Å². The number of likely N-dealkylation sites (tertiary alicyclic amines) is 1. The minimum Gasteiger partial charge on any atom is -0.369 e. The first-order chi connectivity index (χ1) is 10.3. The third-order valence-corrected chi connectivity index (χ3v) is 4.12. The summed E-state index contributed by atoms with van der Waals surface area (Å²) >= 11 is 0. The number of hydrogen-bond donors (Lipinski definition) is 1. The quantitative estimate of drug-likeness (QED) is 0.939. The minimum atomic E-state index is 0.623. The van der Waals surface area contributed by atoms with Gasteiger partial charge in [0.2, 0.25) is 0 Å². The van der Waals surface area contributed by atoms with Gasteiger partial charge in [0.25, 0.3) is 0 Å². The van der Waals surface area contributed by atoms with Crippen LogP contribution in [0.5, 0.6) is 0 Å². The molecule has 1 unspecified atom stereocenters. The van der Waals surface area contributed by atoms with E-state index in [1.807, 2.05) is 30.3 Å². The fraction of sp³-hybridized carbons (Fsp3) is 0.412. The van der Waals surface area contributed by atoms with Gasteiger partial charge in [-0.1, -0.05) is 18.2 Å². The Morgan fingerprint density at radius 1 is 1.43 bits per heavy atom. The number of nitriles is 1. The third kappa shape index (κ3) is 3.14. The highest BCUT2D eigenvalue weighted by atomic mass is 15.1. The highest BCUT2D eigenvalue weighted by Gasteiger charge is 2.17. The van der Waals surface area contributed by atoms with Crippen LogP contribution in [0.2, 0.25) is 0 Å². The lowest BCUT2D eigenvalue weighted by atomic mass is 9.98. The molecule has 4 heteroatoms. The van der Waals surface area contributed by atoms with E-state index in [9.17, 15) is 5.26 Å². The second kappa shape index (κ2) is 6.11. The van der Waals surface area contributed by atoms with Crippen LogP contribution in [0.25, 0.3) is 10.9 Å². The molecule has 1 atom stereocenters. The average molecular weight is 280 g/mol. The number of anilines is 1. The summed E-state index contributed by atoms with van der Waals surface area (Å²) in [6, 6.07) is 12.1. The van der Waals surface area contributed by atoms with E-state index in [0.29, 0.717) is 17.3 Å². The molecule has 0 saturated carbocycles. The van der Waals surface area contributed by atoms with E-state index in [1.54, 1.807) is 0 Å². The molecule has 0 bridgehead atoms. The number of aromatic nitrogens is 1. The van der Waals surface area contributed by atoms with Crippen LogP contribution in [0.4, 0.5) is 5.82 Å². The molecule has 0 spiro atoms. The maximum absolute atomic E-state index is 9.32. The molecule has 1 fully saturated rings. The van der Waals surface area contributed by atoms with Crippen molar-refractivity contribution in [1.29, 1.82) is 5.26 Å². The van der Waals surface area contributed by atoms with Crippen molar-refractivity contribution < 1.29 is 0 Å².